The van der Waals surface area contributed by atoms with Crippen molar-refractivity contribution in [2.45, 2.75) is 0 Å². The van der Waals surface area contributed by atoms with Crippen molar-refractivity contribution < 1.29 is 14.6 Å². The zero-order chi connectivity index (χ0) is 6.41. The van der Waals surface area contributed by atoms with E-state index < -0.39 is 5.97 Å². The maximum atomic E-state index is 9.60. The SMILES string of the molecule is NCCOCC(=O)[O-]. The van der Waals surface area contributed by atoms with Gasteiger partial charge in [0.25, 0.3) is 0 Å². The number of aliphatic carboxylic acids is 1. The summed E-state index contributed by atoms with van der Waals surface area (Å²) in [7, 11) is 0. The van der Waals surface area contributed by atoms with Gasteiger partial charge in [-0.1, -0.05) is 0 Å². The first-order valence-electron chi connectivity index (χ1n) is 2.25. The van der Waals surface area contributed by atoms with E-state index in [1.54, 1.807) is 0 Å². The van der Waals surface area contributed by atoms with Crippen LogP contribution in [-0.2, 0) is 9.53 Å². The lowest BCUT2D eigenvalue weighted by Crippen LogP contribution is -2.28. The molecule has 0 aromatic heterocycles. The molecule has 0 fully saturated rings. The van der Waals surface area contributed by atoms with Crippen molar-refractivity contribution in [3.63, 3.8) is 0 Å². The summed E-state index contributed by atoms with van der Waals surface area (Å²) >= 11 is 0. The van der Waals surface area contributed by atoms with Gasteiger partial charge in [0.15, 0.2) is 0 Å². The van der Waals surface area contributed by atoms with E-state index in [1.165, 1.54) is 0 Å². The van der Waals surface area contributed by atoms with Crippen LogP contribution in [0, 0.1) is 0 Å². The van der Waals surface area contributed by atoms with Crippen LogP contribution >= 0.6 is 0 Å². The minimum absolute atomic E-state index is 0.272. The van der Waals surface area contributed by atoms with Crippen LogP contribution in [0.4, 0.5) is 0 Å². The Balaban J connectivity index is 2.82. The van der Waals surface area contributed by atoms with Gasteiger partial charge in [-0.2, -0.15) is 0 Å². The van der Waals surface area contributed by atoms with E-state index in [0.717, 1.165) is 0 Å². The first-order valence-corrected chi connectivity index (χ1v) is 2.25. The summed E-state index contributed by atoms with van der Waals surface area (Å²) in [6.07, 6.45) is 0. The van der Waals surface area contributed by atoms with Crippen molar-refractivity contribution in [3.05, 3.63) is 0 Å². The molecule has 0 unspecified atom stereocenters. The fraction of sp³-hybridized carbons (Fsp3) is 0.750. The Kier molecular flexibility index (Phi) is 4.20. The van der Waals surface area contributed by atoms with Crippen molar-refractivity contribution in [1.82, 2.24) is 0 Å². The smallest absolute Gasteiger partial charge is 0.0861 e. The van der Waals surface area contributed by atoms with Gasteiger partial charge in [-0.15, -0.1) is 0 Å². The van der Waals surface area contributed by atoms with Gasteiger partial charge >= 0.3 is 0 Å². The molecule has 4 nitrogen and oxygen atoms in total. The molecule has 2 N–H and O–H groups in total. The molecule has 0 aliphatic heterocycles. The minimum Gasteiger partial charge on any atom is -0.548 e. The standard InChI is InChI=1S/C4H9NO3/c5-1-2-8-3-4(6)7/h1-3,5H2,(H,6,7)/p-1. The monoisotopic (exact) mass is 118 g/mol. The molecule has 0 aromatic carbocycles. The lowest BCUT2D eigenvalue weighted by Gasteiger charge is -2.00. The topological polar surface area (TPSA) is 75.4 Å². The zero-order valence-corrected chi connectivity index (χ0v) is 4.42. The normalized spacial score (nSPS) is 9.12. The summed E-state index contributed by atoms with van der Waals surface area (Å²) in [4.78, 5) is 9.60. The highest BCUT2D eigenvalue weighted by Gasteiger charge is 1.82. The second-order valence-electron chi connectivity index (χ2n) is 1.21. The summed E-state index contributed by atoms with van der Waals surface area (Å²) in [5, 5.41) is 9.60. The maximum absolute atomic E-state index is 9.60. The summed E-state index contributed by atoms with van der Waals surface area (Å²) in [6.45, 7) is 0.248. The fourth-order valence-electron chi connectivity index (χ4n) is 0.239. The molecule has 0 spiro atoms. The highest BCUT2D eigenvalue weighted by atomic mass is 16.5. The Labute approximate surface area is 47.2 Å². The maximum Gasteiger partial charge on any atom is 0.0861 e. The lowest BCUT2D eigenvalue weighted by molar-refractivity contribution is -0.309. The van der Waals surface area contributed by atoms with Gasteiger partial charge in [0.05, 0.1) is 19.2 Å². The van der Waals surface area contributed by atoms with Crippen LogP contribution in [0.5, 0.6) is 0 Å². The average Bonchev–Trinajstić information content (AvgIpc) is 1.66. The molecule has 0 radical (unpaired) electrons. The number of hydrogen-bond donors (Lipinski definition) is 1. The van der Waals surface area contributed by atoms with Gasteiger partial charge in [0, 0.05) is 6.54 Å². The van der Waals surface area contributed by atoms with Crippen LogP contribution in [0.2, 0.25) is 0 Å². The summed E-state index contributed by atoms with van der Waals surface area (Å²) < 4.78 is 4.46. The van der Waals surface area contributed by atoms with Gasteiger partial charge < -0.3 is 20.4 Å². The van der Waals surface area contributed by atoms with E-state index in [-0.39, 0.29) is 13.2 Å². The van der Waals surface area contributed by atoms with E-state index in [4.69, 9.17) is 5.73 Å². The second-order valence-corrected chi connectivity index (χ2v) is 1.21. The van der Waals surface area contributed by atoms with Crippen LogP contribution in [0.3, 0.4) is 0 Å². The molecule has 48 valence electrons. The molecule has 0 aliphatic carbocycles. The van der Waals surface area contributed by atoms with Gasteiger partial charge in [0.1, 0.15) is 0 Å². The number of rotatable bonds is 4. The number of ether oxygens (including phenoxy) is 1. The van der Waals surface area contributed by atoms with Crippen molar-refractivity contribution in [3.8, 4) is 0 Å². The molecule has 0 rings (SSSR count). The Morgan fingerprint density at radius 1 is 1.75 bits per heavy atom. The van der Waals surface area contributed by atoms with E-state index in [1.807, 2.05) is 0 Å². The lowest BCUT2D eigenvalue weighted by atomic mass is 10.7. The van der Waals surface area contributed by atoms with Crippen LogP contribution in [0.15, 0.2) is 0 Å². The summed E-state index contributed by atoms with van der Waals surface area (Å²) in [5.41, 5.74) is 4.98. The molecule has 0 saturated heterocycles. The molecule has 0 bridgehead atoms. The molecule has 8 heavy (non-hydrogen) atoms. The number of carboxylic acids is 1. The molecule has 0 saturated carbocycles. The molecular weight excluding hydrogens is 110 g/mol. The van der Waals surface area contributed by atoms with Crippen molar-refractivity contribution in [2.75, 3.05) is 19.8 Å². The average molecular weight is 118 g/mol. The van der Waals surface area contributed by atoms with Gasteiger partial charge in [-0.25, -0.2) is 0 Å². The third-order valence-corrected chi connectivity index (χ3v) is 0.482. The molecule has 0 aromatic rings. The predicted molar refractivity (Wildman–Crippen MR) is 24.9 cm³/mol. The predicted octanol–water partition coefficient (Wildman–Crippen LogP) is -2.29. The zero-order valence-electron chi connectivity index (χ0n) is 4.42. The number of carboxylic acid groups (broad SMARTS) is 1. The highest BCUT2D eigenvalue weighted by molar-refractivity contribution is 5.65. The Bertz CT molecular complexity index is 73.7. The largest absolute Gasteiger partial charge is 0.548 e. The van der Waals surface area contributed by atoms with Crippen LogP contribution in [0.1, 0.15) is 0 Å². The highest BCUT2D eigenvalue weighted by Crippen LogP contribution is 1.67. The van der Waals surface area contributed by atoms with E-state index in [9.17, 15) is 9.90 Å². The number of nitrogens with two attached hydrogens (primary N) is 1. The van der Waals surface area contributed by atoms with Crippen molar-refractivity contribution >= 4 is 5.97 Å². The third kappa shape index (κ3) is 5.39. The Hall–Kier alpha value is -0.610. The summed E-state index contributed by atoms with van der Waals surface area (Å²) in [5.74, 6) is -1.21. The Morgan fingerprint density at radius 2 is 2.38 bits per heavy atom. The van der Waals surface area contributed by atoms with Crippen LogP contribution in [0.25, 0.3) is 0 Å². The number of hydrogen-bond acceptors (Lipinski definition) is 4. The molecule has 0 heterocycles. The van der Waals surface area contributed by atoms with E-state index in [2.05, 4.69) is 4.74 Å². The van der Waals surface area contributed by atoms with Gasteiger partial charge in [-0.3, -0.25) is 0 Å². The fourth-order valence-corrected chi connectivity index (χ4v) is 0.239. The first kappa shape index (κ1) is 7.39. The van der Waals surface area contributed by atoms with E-state index >= 15 is 0 Å². The quantitative estimate of drug-likeness (QED) is 0.422. The van der Waals surface area contributed by atoms with Crippen molar-refractivity contribution in [1.29, 1.82) is 0 Å². The van der Waals surface area contributed by atoms with Crippen LogP contribution in [-0.4, -0.2) is 25.7 Å². The second kappa shape index (κ2) is 4.55. The third-order valence-electron chi connectivity index (χ3n) is 0.482. The molecule has 4 heteroatoms. The molecule has 0 aliphatic rings. The Morgan fingerprint density at radius 3 is 2.75 bits per heavy atom. The first-order chi connectivity index (χ1) is 3.77. The molecular formula is C4H8NO3-. The van der Waals surface area contributed by atoms with Crippen LogP contribution < -0.4 is 10.8 Å². The van der Waals surface area contributed by atoms with Gasteiger partial charge in [0.2, 0.25) is 0 Å². The number of carbonyl (C=O) groups excluding carboxylic acids is 1. The molecule has 0 amide bonds. The van der Waals surface area contributed by atoms with Gasteiger partial charge in [-0.05, 0) is 0 Å². The van der Waals surface area contributed by atoms with Crippen molar-refractivity contribution in [2.24, 2.45) is 5.73 Å². The molecule has 0 atom stereocenters. The number of carbonyl (C=O) groups is 1. The minimum atomic E-state index is -1.21. The van der Waals surface area contributed by atoms with E-state index in [0.29, 0.717) is 6.54 Å². The summed E-state index contributed by atoms with van der Waals surface area (Å²) in [6, 6.07) is 0.